The molecule has 2 N–H and O–H groups in total. The molecule has 1 amide bonds. The van der Waals surface area contributed by atoms with E-state index in [0.717, 1.165) is 11.8 Å². The molecule has 1 heterocycles. The predicted molar refractivity (Wildman–Crippen MR) is 103 cm³/mol. The van der Waals surface area contributed by atoms with Crippen molar-refractivity contribution >= 4 is 40.3 Å². The van der Waals surface area contributed by atoms with Crippen molar-refractivity contribution in [3.63, 3.8) is 0 Å². The Morgan fingerprint density at radius 1 is 1.22 bits per heavy atom. The molecule has 2 aromatic carbocycles. The van der Waals surface area contributed by atoms with Gasteiger partial charge in [-0.05, 0) is 55.1 Å². The number of amides is 1. The lowest BCUT2D eigenvalue weighted by Crippen LogP contribution is -2.28. The molecular weight excluding hydrogens is 370 g/mol. The van der Waals surface area contributed by atoms with Gasteiger partial charge in [-0.25, -0.2) is 4.99 Å². The number of likely N-dealkylation sites (N-methyl/N-ethyl adjacent to an activating group) is 1. The Morgan fingerprint density at radius 2 is 1.93 bits per heavy atom. The summed E-state index contributed by atoms with van der Waals surface area (Å²) in [6.07, 6.45) is 1.41. The number of nitrogens with zero attached hydrogens (tertiary/aromatic N) is 3. The normalized spacial score (nSPS) is 17.1. The fourth-order valence-electron chi connectivity index (χ4n) is 2.42. The molecule has 1 aliphatic rings. The number of non-ortho nitro benzene ring substituents is 1. The molecule has 0 aliphatic carbocycles. The zero-order chi connectivity index (χ0) is 19.6. The number of amidine groups is 1. The summed E-state index contributed by atoms with van der Waals surface area (Å²) in [6.45, 7) is 2.19. The molecule has 1 aliphatic heterocycles. The van der Waals surface area contributed by atoms with Gasteiger partial charge in [-0.2, -0.15) is 0 Å². The second-order valence-electron chi connectivity index (χ2n) is 5.57. The summed E-state index contributed by atoms with van der Waals surface area (Å²) < 4.78 is 0. The van der Waals surface area contributed by atoms with E-state index in [1.807, 2.05) is 0 Å². The second-order valence-corrected chi connectivity index (χ2v) is 6.58. The third kappa shape index (κ3) is 3.93. The molecule has 0 radical (unpaired) electrons. The summed E-state index contributed by atoms with van der Waals surface area (Å²) in [5.74, 6) is -0.345. The molecule has 3 rings (SSSR count). The molecule has 2 aromatic rings. The van der Waals surface area contributed by atoms with E-state index in [0.29, 0.717) is 22.3 Å². The van der Waals surface area contributed by atoms with Gasteiger partial charge in [0, 0.05) is 24.2 Å². The molecule has 8 nitrogen and oxygen atoms in total. The van der Waals surface area contributed by atoms with Crippen molar-refractivity contribution < 1.29 is 19.9 Å². The fourth-order valence-corrected chi connectivity index (χ4v) is 3.47. The summed E-state index contributed by atoms with van der Waals surface area (Å²) in [4.78, 5) is 29.2. The first-order valence-corrected chi connectivity index (χ1v) is 8.77. The Kier molecular flexibility index (Phi) is 5.13. The van der Waals surface area contributed by atoms with Crippen LogP contribution < -0.4 is 0 Å². The van der Waals surface area contributed by atoms with Crippen LogP contribution in [-0.4, -0.2) is 37.7 Å². The Balaban J connectivity index is 1.97. The number of carbonyl (C=O) groups excluding carboxylic acids is 1. The van der Waals surface area contributed by atoms with Crippen LogP contribution in [0.4, 0.5) is 11.4 Å². The summed E-state index contributed by atoms with van der Waals surface area (Å²) >= 11 is 1.11. The SMILES string of the molecule is CCN1C(=O)/C(=C/c2cc([N+](=O)[O-])ccc2O)SC1=Nc1ccc(O)cc1. The van der Waals surface area contributed by atoms with Crippen LogP contribution in [0.15, 0.2) is 52.4 Å². The van der Waals surface area contributed by atoms with Gasteiger partial charge in [-0.15, -0.1) is 0 Å². The number of phenols is 2. The number of carbonyl (C=O) groups is 1. The quantitative estimate of drug-likeness (QED) is 0.472. The standard InChI is InChI=1S/C18H15N3O5S/c1-2-20-17(24)16(10-11-9-13(21(25)26)5-8-15(11)23)27-18(20)19-12-3-6-14(22)7-4-12/h3-10,22-23H,2H2,1H3/b16-10-,19-18?. The Hall–Kier alpha value is -3.33. The zero-order valence-electron chi connectivity index (χ0n) is 14.2. The molecule has 1 fully saturated rings. The highest BCUT2D eigenvalue weighted by atomic mass is 32.2. The predicted octanol–water partition coefficient (Wildman–Crippen LogP) is 3.63. The zero-order valence-corrected chi connectivity index (χ0v) is 15.0. The number of nitro groups is 1. The van der Waals surface area contributed by atoms with E-state index >= 15 is 0 Å². The van der Waals surface area contributed by atoms with E-state index in [1.165, 1.54) is 41.3 Å². The van der Waals surface area contributed by atoms with E-state index in [9.17, 15) is 25.1 Å². The van der Waals surface area contributed by atoms with E-state index < -0.39 is 4.92 Å². The number of aromatic hydroxyl groups is 2. The average molecular weight is 385 g/mol. The van der Waals surface area contributed by atoms with Crippen LogP contribution in [0.5, 0.6) is 11.5 Å². The summed E-state index contributed by atoms with van der Waals surface area (Å²) in [5.41, 5.74) is 0.573. The maximum absolute atomic E-state index is 12.6. The first kappa shape index (κ1) is 18.5. The number of nitro benzene ring substituents is 1. The van der Waals surface area contributed by atoms with E-state index in [-0.39, 0.29) is 28.7 Å². The lowest BCUT2D eigenvalue weighted by Gasteiger charge is -2.11. The fraction of sp³-hybridized carbons (Fsp3) is 0.111. The first-order valence-electron chi connectivity index (χ1n) is 7.95. The number of aliphatic imine (C=N–C) groups is 1. The molecule has 9 heteroatoms. The molecule has 0 atom stereocenters. The van der Waals surface area contributed by atoms with Gasteiger partial charge in [0.25, 0.3) is 11.6 Å². The molecule has 0 saturated carbocycles. The van der Waals surface area contributed by atoms with Crippen molar-refractivity contribution in [2.45, 2.75) is 6.92 Å². The Morgan fingerprint density at radius 3 is 2.56 bits per heavy atom. The minimum Gasteiger partial charge on any atom is -0.508 e. The second kappa shape index (κ2) is 7.50. The van der Waals surface area contributed by atoms with Gasteiger partial charge < -0.3 is 10.2 Å². The molecule has 0 bridgehead atoms. The highest BCUT2D eigenvalue weighted by Crippen LogP contribution is 2.36. The monoisotopic (exact) mass is 385 g/mol. The molecular formula is C18H15N3O5S. The minimum atomic E-state index is -0.568. The highest BCUT2D eigenvalue weighted by molar-refractivity contribution is 8.18. The summed E-state index contributed by atoms with van der Waals surface area (Å²) in [7, 11) is 0. The van der Waals surface area contributed by atoms with Gasteiger partial charge in [0.05, 0.1) is 15.5 Å². The van der Waals surface area contributed by atoms with Crippen molar-refractivity contribution in [2.24, 2.45) is 4.99 Å². The topological polar surface area (TPSA) is 116 Å². The maximum atomic E-state index is 12.6. The molecule has 0 unspecified atom stereocenters. The van der Waals surface area contributed by atoms with Gasteiger partial charge >= 0.3 is 0 Å². The number of hydrogen-bond donors (Lipinski definition) is 2. The van der Waals surface area contributed by atoms with Crippen molar-refractivity contribution in [1.29, 1.82) is 0 Å². The smallest absolute Gasteiger partial charge is 0.270 e. The van der Waals surface area contributed by atoms with Gasteiger partial charge in [-0.1, -0.05) is 0 Å². The molecule has 27 heavy (non-hydrogen) atoms. The Bertz CT molecular complexity index is 969. The van der Waals surface area contributed by atoms with Crippen molar-refractivity contribution in [2.75, 3.05) is 6.54 Å². The van der Waals surface area contributed by atoms with E-state index in [1.54, 1.807) is 19.1 Å². The molecule has 1 saturated heterocycles. The lowest BCUT2D eigenvalue weighted by atomic mass is 10.1. The molecule has 0 aromatic heterocycles. The van der Waals surface area contributed by atoms with Crippen molar-refractivity contribution in [1.82, 2.24) is 4.90 Å². The van der Waals surface area contributed by atoms with Gasteiger partial charge in [0.2, 0.25) is 0 Å². The number of benzene rings is 2. The minimum absolute atomic E-state index is 0.114. The van der Waals surface area contributed by atoms with E-state index in [2.05, 4.69) is 4.99 Å². The number of phenolic OH excluding ortho intramolecular Hbond substituents is 2. The number of rotatable bonds is 4. The number of thioether (sulfide) groups is 1. The van der Waals surface area contributed by atoms with E-state index in [4.69, 9.17) is 0 Å². The molecule has 138 valence electrons. The van der Waals surface area contributed by atoms with Crippen LogP contribution in [0.1, 0.15) is 12.5 Å². The van der Waals surface area contributed by atoms with Crippen LogP contribution in [-0.2, 0) is 4.79 Å². The van der Waals surface area contributed by atoms with Crippen LogP contribution >= 0.6 is 11.8 Å². The maximum Gasteiger partial charge on any atom is 0.270 e. The van der Waals surface area contributed by atoms with Crippen LogP contribution in [0, 0.1) is 10.1 Å². The first-order chi connectivity index (χ1) is 12.9. The third-order valence-corrected chi connectivity index (χ3v) is 4.79. The van der Waals surface area contributed by atoms with Gasteiger partial charge in [0.1, 0.15) is 11.5 Å². The lowest BCUT2D eigenvalue weighted by molar-refractivity contribution is -0.384. The van der Waals surface area contributed by atoms with Crippen molar-refractivity contribution in [3.05, 3.63) is 63.0 Å². The van der Waals surface area contributed by atoms with Crippen LogP contribution in [0.3, 0.4) is 0 Å². The number of hydrogen-bond acceptors (Lipinski definition) is 7. The summed E-state index contributed by atoms with van der Waals surface area (Å²) in [6, 6.07) is 9.85. The Labute approximate surface area is 158 Å². The van der Waals surface area contributed by atoms with Crippen LogP contribution in [0.25, 0.3) is 6.08 Å². The highest BCUT2D eigenvalue weighted by Gasteiger charge is 2.32. The average Bonchev–Trinajstić information content (AvgIpc) is 2.93. The van der Waals surface area contributed by atoms with Gasteiger partial charge in [0.15, 0.2) is 5.17 Å². The third-order valence-electron chi connectivity index (χ3n) is 3.79. The van der Waals surface area contributed by atoms with Crippen molar-refractivity contribution in [3.8, 4) is 11.5 Å². The molecule has 0 spiro atoms. The summed E-state index contributed by atoms with van der Waals surface area (Å²) in [5, 5.41) is 30.7. The van der Waals surface area contributed by atoms with Crippen LogP contribution in [0.2, 0.25) is 0 Å². The van der Waals surface area contributed by atoms with Gasteiger partial charge in [-0.3, -0.25) is 19.8 Å². The largest absolute Gasteiger partial charge is 0.508 e.